The predicted octanol–water partition coefficient (Wildman–Crippen LogP) is 5.62. The lowest BCUT2D eigenvalue weighted by Gasteiger charge is -2.44. The zero-order chi connectivity index (χ0) is 21.7. The van der Waals surface area contributed by atoms with Gasteiger partial charge in [0.2, 0.25) is 3.79 Å². The van der Waals surface area contributed by atoms with Crippen LogP contribution in [0.4, 0.5) is 4.79 Å². The van der Waals surface area contributed by atoms with E-state index in [-0.39, 0.29) is 9.54 Å². The first-order valence-electron chi connectivity index (χ1n) is 8.76. The monoisotopic (exact) mass is 668 g/mol. The molecule has 0 saturated carbocycles. The van der Waals surface area contributed by atoms with Crippen molar-refractivity contribution in [1.82, 2.24) is 10.2 Å². The van der Waals surface area contributed by atoms with Gasteiger partial charge >= 0.3 is 6.09 Å². The molecule has 0 aliphatic rings. The lowest BCUT2D eigenvalue weighted by Crippen LogP contribution is -2.65. The Morgan fingerprint density at radius 2 is 1.57 bits per heavy atom. The summed E-state index contributed by atoms with van der Waals surface area (Å²) in [4.78, 5) is 29.0. The van der Waals surface area contributed by atoms with E-state index in [0.29, 0.717) is 13.1 Å². The molecule has 3 aromatic rings. The number of amides is 1. The van der Waals surface area contributed by atoms with Gasteiger partial charge in [0.25, 0.3) is 0 Å². The summed E-state index contributed by atoms with van der Waals surface area (Å²) in [6, 6.07) is 14.3. The van der Waals surface area contributed by atoms with E-state index in [4.69, 9.17) is 0 Å². The number of thiophene rings is 2. The molecule has 0 spiro atoms. The summed E-state index contributed by atoms with van der Waals surface area (Å²) in [6.45, 7) is 0.810. The van der Waals surface area contributed by atoms with Gasteiger partial charge in [0.05, 0.1) is 3.92 Å². The molecule has 0 aliphatic carbocycles. The smallest absolute Gasteiger partial charge is 0.406 e. The lowest BCUT2D eigenvalue weighted by atomic mass is 9.98. The van der Waals surface area contributed by atoms with Crippen LogP contribution < -0.4 is 5.32 Å². The largest absolute Gasteiger partial charge is 0.508 e. The topological polar surface area (TPSA) is 89.9 Å². The number of rotatable bonds is 9. The molecular weight excluding hydrogens is 650 g/mol. The van der Waals surface area contributed by atoms with Crippen molar-refractivity contribution in [1.29, 1.82) is 0 Å². The third kappa shape index (κ3) is 5.33. The molecule has 0 fully saturated rings. The molecule has 0 radical (unpaired) electrons. The summed E-state index contributed by atoms with van der Waals surface area (Å²) in [7, 11) is 0. The number of phenolic OH excluding ortho intramolecular Hbond substituents is 1. The van der Waals surface area contributed by atoms with E-state index < -0.39 is 15.7 Å². The summed E-state index contributed by atoms with van der Waals surface area (Å²) in [6.07, 6.45) is -1.28. The fourth-order valence-corrected chi connectivity index (χ4v) is 7.18. The summed E-state index contributed by atoms with van der Waals surface area (Å²) in [5.41, 5.74) is -0.785. The normalized spacial score (nSPS) is 14.2. The van der Waals surface area contributed by atoms with Gasteiger partial charge in [0.1, 0.15) is 5.75 Å². The fraction of sp³-hybridized carbons (Fsp3) is 0.200. The van der Waals surface area contributed by atoms with Gasteiger partial charge in [0, 0.05) is 45.4 Å². The number of carbonyl (C=O) groups is 2. The molecule has 3 rings (SSSR count). The molecule has 2 aromatic heterocycles. The number of alkyl halides is 1. The molecule has 6 nitrogen and oxygen atoms in total. The second-order valence-electron chi connectivity index (χ2n) is 6.44. The molecule has 1 amide bonds. The first-order chi connectivity index (χ1) is 14.3. The first-order valence-corrected chi connectivity index (χ1v) is 12.8. The minimum absolute atomic E-state index is 0.106. The maximum atomic E-state index is 13.2. The van der Waals surface area contributed by atoms with Gasteiger partial charge in [-0.15, -0.1) is 22.7 Å². The van der Waals surface area contributed by atoms with E-state index in [9.17, 15) is 19.8 Å². The maximum Gasteiger partial charge on any atom is 0.406 e. The van der Waals surface area contributed by atoms with E-state index in [1.165, 1.54) is 12.1 Å². The molecular formula is C20H18I2N2O4S2. The van der Waals surface area contributed by atoms with Crippen LogP contribution in [0.3, 0.4) is 0 Å². The summed E-state index contributed by atoms with van der Waals surface area (Å²) in [5.74, 6) is 0.106. The number of halogens is 2. The van der Waals surface area contributed by atoms with Gasteiger partial charge in [-0.1, -0.05) is 46.9 Å². The molecule has 0 bridgehead atoms. The third-order valence-corrected chi connectivity index (χ3v) is 8.67. The molecule has 30 heavy (non-hydrogen) atoms. The highest BCUT2D eigenvalue weighted by atomic mass is 127. The van der Waals surface area contributed by atoms with Crippen LogP contribution in [-0.2, 0) is 17.9 Å². The molecule has 0 aliphatic heterocycles. The van der Waals surface area contributed by atoms with Crippen LogP contribution in [0.5, 0.6) is 5.75 Å². The highest BCUT2D eigenvalue weighted by molar-refractivity contribution is 14.1. The highest BCUT2D eigenvalue weighted by Crippen LogP contribution is 2.42. The minimum Gasteiger partial charge on any atom is -0.508 e. The zero-order valence-corrected chi connectivity index (χ0v) is 21.4. The van der Waals surface area contributed by atoms with Crippen molar-refractivity contribution in [2.24, 2.45) is 0 Å². The Labute approximate surface area is 209 Å². The van der Waals surface area contributed by atoms with Crippen molar-refractivity contribution < 1.29 is 19.8 Å². The first kappa shape index (κ1) is 23.4. The quantitative estimate of drug-likeness (QED) is 0.119. The molecule has 10 heteroatoms. The number of nitrogens with one attached hydrogen (secondary N) is 1. The molecule has 2 atom stereocenters. The zero-order valence-electron chi connectivity index (χ0n) is 15.5. The Kier molecular flexibility index (Phi) is 8.12. The third-order valence-electron chi connectivity index (χ3n) is 4.50. The lowest BCUT2D eigenvalue weighted by molar-refractivity contribution is -0.123. The van der Waals surface area contributed by atoms with E-state index in [0.717, 1.165) is 15.3 Å². The SMILES string of the molecule is O=C(O)N[C@@](C(=O)I)(C(I)c1ccc(O)cc1)N(Cc1cccs1)Cc1cccs1. The van der Waals surface area contributed by atoms with Crippen LogP contribution in [0.1, 0.15) is 19.2 Å². The van der Waals surface area contributed by atoms with E-state index in [2.05, 4.69) is 27.9 Å². The van der Waals surface area contributed by atoms with Crippen molar-refractivity contribution in [2.75, 3.05) is 0 Å². The van der Waals surface area contributed by atoms with Gasteiger partial charge in [-0.2, -0.15) is 0 Å². The maximum absolute atomic E-state index is 13.2. The van der Waals surface area contributed by atoms with Gasteiger partial charge < -0.3 is 10.2 Å². The minimum atomic E-state index is -1.52. The predicted molar refractivity (Wildman–Crippen MR) is 136 cm³/mol. The van der Waals surface area contributed by atoms with E-state index in [1.807, 2.05) is 39.9 Å². The molecule has 1 unspecified atom stereocenters. The molecule has 1 aromatic carbocycles. The average Bonchev–Trinajstić information content (AvgIpc) is 3.39. The number of benzene rings is 1. The number of carboxylic acid groups (broad SMARTS) is 1. The Hall–Kier alpha value is -1.22. The van der Waals surface area contributed by atoms with Crippen molar-refractivity contribution in [3.05, 3.63) is 74.6 Å². The van der Waals surface area contributed by atoms with E-state index >= 15 is 0 Å². The van der Waals surface area contributed by atoms with Crippen molar-refractivity contribution in [3.8, 4) is 5.75 Å². The van der Waals surface area contributed by atoms with Crippen LogP contribution in [0.2, 0.25) is 0 Å². The second kappa shape index (κ2) is 10.4. The van der Waals surface area contributed by atoms with Crippen molar-refractivity contribution in [3.63, 3.8) is 0 Å². The van der Waals surface area contributed by atoms with Crippen LogP contribution in [0, 0.1) is 0 Å². The van der Waals surface area contributed by atoms with Gasteiger partial charge in [-0.25, -0.2) is 4.79 Å². The van der Waals surface area contributed by atoms with Gasteiger partial charge in [-0.3, -0.25) is 15.0 Å². The summed E-state index contributed by atoms with van der Waals surface area (Å²) in [5, 5.41) is 25.8. The number of carbonyl (C=O) groups excluding carboxylic acids is 1. The summed E-state index contributed by atoms with van der Waals surface area (Å²) >= 11 is 6.91. The number of phenols is 1. The number of nitrogens with zero attached hydrogens (tertiary/aromatic N) is 1. The molecule has 0 saturated heterocycles. The Balaban J connectivity index is 2.12. The van der Waals surface area contributed by atoms with Crippen LogP contribution in [0.15, 0.2) is 59.3 Å². The molecule has 3 N–H and O–H groups in total. The van der Waals surface area contributed by atoms with Crippen LogP contribution >= 0.6 is 67.9 Å². The Morgan fingerprint density at radius 3 is 1.97 bits per heavy atom. The fourth-order valence-electron chi connectivity index (χ4n) is 3.11. The van der Waals surface area contributed by atoms with Gasteiger partial charge in [0.15, 0.2) is 5.66 Å². The van der Waals surface area contributed by atoms with Crippen LogP contribution in [0.25, 0.3) is 0 Å². The second-order valence-corrected chi connectivity index (χ2v) is 10.7. The summed E-state index contributed by atoms with van der Waals surface area (Å²) < 4.78 is -0.876. The Morgan fingerprint density at radius 1 is 1.03 bits per heavy atom. The Bertz CT molecular complexity index is 945. The highest BCUT2D eigenvalue weighted by Gasteiger charge is 2.50. The van der Waals surface area contributed by atoms with Gasteiger partial charge in [-0.05, 0) is 40.6 Å². The average molecular weight is 668 g/mol. The number of aromatic hydroxyl groups is 1. The van der Waals surface area contributed by atoms with E-state index in [1.54, 1.807) is 57.4 Å². The van der Waals surface area contributed by atoms with Crippen molar-refractivity contribution >= 4 is 77.7 Å². The number of hydrogen-bond donors (Lipinski definition) is 3. The van der Waals surface area contributed by atoms with Crippen molar-refractivity contribution in [2.45, 2.75) is 22.7 Å². The standard InChI is InChI=1S/C20H18I2N2O4S2/c21-17(13-5-7-14(25)8-6-13)20(18(22)26,23-19(27)28)24(11-15-3-1-9-29-15)12-16-4-2-10-30-16/h1-10,17,23,25H,11-12H2,(H,27,28)/t17?,20-/m0/s1. The molecule has 158 valence electrons. The molecule has 2 heterocycles. The van der Waals surface area contributed by atoms with Crippen LogP contribution in [-0.4, -0.2) is 30.7 Å². The number of hydrogen-bond acceptors (Lipinski definition) is 6.